The Morgan fingerprint density at radius 1 is 1.35 bits per heavy atom. The van der Waals surface area contributed by atoms with E-state index in [1.165, 1.54) is 17.1 Å². The zero-order valence-electron chi connectivity index (χ0n) is 14.2. The van der Waals surface area contributed by atoms with Gasteiger partial charge >= 0.3 is 5.97 Å². The Balaban J connectivity index is 2.28. The molecule has 136 valence electrons. The minimum absolute atomic E-state index is 0.0314. The topological polar surface area (TPSA) is 84.9 Å². The van der Waals surface area contributed by atoms with E-state index in [4.69, 9.17) is 21.7 Å². The summed E-state index contributed by atoms with van der Waals surface area (Å²) in [5.41, 5.74) is 0.384. The molecule has 0 radical (unpaired) electrons. The number of esters is 1. The van der Waals surface area contributed by atoms with Crippen LogP contribution in [0, 0.1) is 0 Å². The molecule has 1 saturated heterocycles. The largest absolute Gasteiger partial charge is 0.481 e. The summed E-state index contributed by atoms with van der Waals surface area (Å²) in [5, 5.41) is 2.50. The molecule has 26 heavy (non-hydrogen) atoms. The maximum absolute atomic E-state index is 12.5. The Bertz CT molecular complexity index is 788. The van der Waals surface area contributed by atoms with Crippen molar-refractivity contribution in [1.29, 1.82) is 0 Å². The van der Waals surface area contributed by atoms with Gasteiger partial charge < -0.3 is 9.47 Å². The molecule has 7 nitrogen and oxygen atoms in total. The summed E-state index contributed by atoms with van der Waals surface area (Å²) < 4.78 is 10.3. The molecule has 8 heteroatoms. The minimum Gasteiger partial charge on any atom is -0.481 e. The smallest absolute Gasteiger partial charge is 0.344 e. The summed E-state index contributed by atoms with van der Waals surface area (Å²) in [6.45, 7) is 5.42. The van der Waals surface area contributed by atoms with E-state index in [0.717, 1.165) is 0 Å². The number of carbonyl (C=O) groups excluding carboxylic acids is 3. The molecule has 2 rings (SSSR count). The minimum atomic E-state index is -0.597. The van der Waals surface area contributed by atoms with Gasteiger partial charge in [-0.1, -0.05) is 24.3 Å². The Labute approximate surface area is 156 Å². The Kier molecular flexibility index (Phi) is 6.62. The third kappa shape index (κ3) is 4.54. The van der Waals surface area contributed by atoms with Crippen molar-refractivity contribution in [2.45, 2.75) is 6.92 Å². The molecule has 0 aliphatic carbocycles. The van der Waals surface area contributed by atoms with Gasteiger partial charge in [0.2, 0.25) is 0 Å². The fraction of sp³-hybridized carbons (Fsp3) is 0.222. The standard InChI is InChI=1S/C18H18N2O5S/c1-3-9-20-17(23)13(16(22)19-18(20)26)10-12-7-5-6-8-14(12)25-11-15(21)24-4-2/h3,5-8,10H,1,4,9,11H2,2H3,(H,19,22,26). The molecule has 0 bridgehead atoms. The van der Waals surface area contributed by atoms with Crippen LogP contribution >= 0.6 is 12.2 Å². The highest BCUT2D eigenvalue weighted by Gasteiger charge is 2.32. The van der Waals surface area contributed by atoms with Crippen molar-refractivity contribution in [3.8, 4) is 5.75 Å². The molecule has 2 amide bonds. The molecule has 1 aromatic carbocycles. The Morgan fingerprint density at radius 3 is 2.77 bits per heavy atom. The van der Waals surface area contributed by atoms with Gasteiger partial charge in [0.05, 0.1) is 6.61 Å². The molecule has 1 N–H and O–H groups in total. The Morgan fingerprint density at radius 2 is 2.08 bits per heavy atom. The van der Waals surface area contributed by atoms with E-state index in [1.807, 2.05) is 0 Å². The first kappa shape index (κ1) is 19.3. The monoisotopic (exact) mass is 374 g/mol. The number of thiocarbonyl (C=S) groups is 1. The number of nitrogens with zero attached hydrogens (tertiary/aromatic N) is 1. The number of para-hydroxylation sites is 1. The fourth-order valence-corrected chi connectivity index (χ4v) is 2.47. The molecule has 1 aromatic rings. The second-order valence-electron chi connectivity index (χ2n) is 5.15. The lowest BCUT2D eigenvalue weighted by molar-refractivity contribution is -0.145. The number of rotatable bonds is 7. The van der Waals surface area contributed by atoms with Crippen molar-refractivity contribution in [2.75, 3.05) is 19.8 Å². The van der Waals surface area contributed by atoms with Gasteiger partial charge in [0.25, 0.3) is 11.8 Å². The SMILES string of the molecule is C=CCN1C(=O)C(=Cc2ccccc2OCC(=O)OCC)C(=O)NC1=S. The van der Waals surface area contributed by atoms with Crippen LogP contribution in [-0.2, 0) is 19.1 Å². The first-order valence-electron chi connectivity index (χ1n) is 7.85. The second kappa shape index (κ2) is 8.91. The molecule has 1 fully saturated rings. The first-order valence-corrected chi connectivity index (χ1v) is 8.26. The van der Waals surface area contributed by atoms with Crippen molar-refractivity contribution >= 4 is 41.2 Å². The van der Waals surface area contributed by atoms with Crippen molar-refractivity contribution in [1.82, 2.24) is 10.2 Å². The summed E-state index contributed by atoms with van der Waals surface area (Å²) in [6.07, 6.45) is 2.91. The average molecular weight is 374 g/mol. The van der Waals surface area contributed by atoms with E-state index >= 15 is 0 Å². The van der Waals surface area contributed by atoms with Gasteiger partial charge in [-0.25, -0.2) is 4.79 Å². The van der Waals surface area contributed by atoms with Crippen LogP contribution in [0.3, 0.4) is 0 Å². The number of hydrogen-bond acceptors (Lipinski definition) is 6. The third-order valence-electron chi connectivity index (χ3n) is 3.37. The van der Waals surface area contributed by atoms with Crippen molar-refractivity contribution in [3.05, 3.63) is 48.1 Å². The molecule has 0 unspecified atom stereocenters. The number of carbonyl (C=O) groups is 3. The summed E-state index contributed by atoms with van der Waals surface area (Å²) in [4.78, 5) is 37.4. The third-order valence-corrected chi connectivity index (χ3v) is 3.69. The van der Waals surface area contributed by atoms with E-state index in [-0.39, 0.29) is 30.4 Å². The molecule has 0 atom stereocenters. The van der Waals surface area contributed by atoms with Gasteiger partial charge in [-0.2, -0.15) is 0 Å². The zero-order chi connectivity index (χ0) is 19.1. The van der Waals surface area contributed by atoms with Crippen molar-refractivity contribution in [2.24, 2.45) is 0 Å². The van der Waals surface area contributed by atoms with Crippen LogP contribution < -0.4 is 10.1 Å². The van der Waals surface area contributed by atoms with Crippen molar-refractivity contribution in [3.63, 3.8) is 0 Å². The molecular formula is C18H18N2O5S. The number of ether oxygens (including phenoxy) is 2. The second-order valence-corrected chi connectivity index (χ2v) is 5.54. The van der Waals surface area contributed by atoms with E-state index in [1.54, 1.807) is 31.2 Å². The average Bonchev–Trinajstić information content (AvgIpc) is 2.61. The number of amides is 2. The maximum Gasteiger partial charge on any atom is 0.344 e. The fourth-order valence-electron chi connectivity index (χ4n) is 2.21. The van der Waals surface area contributed by atoms with E-state index in [0.29, 0.717) is 11.3 Å². The molecule has 0 aromatic heterocycles. The van der Waals surface area contributed by atoms with Gasteiger partial charge in [-0.05, 0) is 31.3 Å². The normalized spacial score (nSPS) is 15.7. The van der Waals surface area contributed by atoms with Gasteiger partial charge in [0.15, 0.2) is 11.7 Å². The summed E-state index contributed by atoms with van der Waals surface area (Å²) in [6, 6.07) is 6.73. The number of hydrogen-bond donors (Lipinski definition) is 1. The van der Waals surface area contributed by atoms with Crippen LogP contribution in [0.2, 0.25) is 0 Å². The van der Waals surface area contributed by atoms with Gasteiger partial charge in [0.1, 0.15) is 11.3 Å². The summed E-state index contributed by atoms with van der Waals surface area (Å²) >= 11 is 5.01. The van der Waals surface area contributed by atoms with Crippen molar-refractivity contribution < 1.29 is 23.9 Å². The molecule has 0 saturated carbocycles. The lowest BCUT2D eigenvalue weighted by atomic mass is 10.1. The van der Waals surface area contributed by atoms with Crippen LogP contribution in [0.1, 0.15) is 12.5 Å². The lowest BCUT2D eigenvalue weighted by Crippen LogP contribution is -2.53. The quantitative estimate of drug-likeness (QED) is 0.256. The molecule has 1 heterocycles. The van der Waals surface area contributed by atoms with E-state index in [2.05, 4.69) is 11.9 Å². The first-order chi connectivity index (χ1) is 12.5. The highest BCUT2D eigenvalue weighted by Crippen LogP contribution is 2.23. The molecule has 1 aliphatic heterocycles. The summed E-state index contributed by atoms with van der Waals surface area (Å²) in [5.74, 6) is -1.29. The van der Waals surface area contributed by atoms with Gasteiger partial charge in [-0.15, -0.1) is 6.58 Å². The maximum atomic E-state index is 12.5. The Hall–Kier alpha value is -3.00. The highest BCUT2D eigenvalue weighted by atomic mass is 32.1. The predicted molar refractivity (Wildman–Crippen MR) is 99.2 cm³/mol. The van der Waals surface area contributed by atoms with E-state index in [9.17, 15) is 14.4 Å². The predicted octanol–water partition coefficient (Wildman–Crippen LogP) is 1.44. The van der Waals surface area contributed by atoms with Crippen LogP contribution in [0.25, 0.3) is 6.08 Å². The van der Waals surface area contributed by atoms with Gasteiger partial charge in [-0.3, -0.25) is 19.8 Å². The molecule has 0 spiro atoms. The lowest BCUT2D eigenvalue weighted by Gasteiger charge is -2.27. The summed E-state index contributed by atoms with van der Waals surface area (Å²) in [7, 11) is 0. The number of nitrogens with one attached hydrogen (secondary N) is 1. The highest BCUT2D eigenvalue weighted by molar-refractivity contribution is 7.80. The van der Waals surface area contributed by atoms with Crippen LogP contribution in [-0.4, -0.2) is 47.6 Å². The van der Waals surface area contributed by atoms with E-state index < -0.39 is 17.8 Å². The number of benzene rings is 1. The molecule has 1 aliphatic rings. The van der Waals surface area contributed by atoms with Crippen LogP contribution in [0.15, 0.2) is 42.5 Å². The van der Waals surface area contributed by atoms with Crippen LogP contribution in [0.4, 0.5) is 0 Å². The van der Waals surface area contributed by atoms with Crippen LogP contribution in [0.5, 0.6) is 5.75 Å². The molecular weight excluding hydrogens is 356 g/mol. The zero-order valence-corrected chi connectivity index (χ0v) is 15.0. The van der Waals surface area contributed by atoms with Gasteiger partial charge in [0, 0.05) is 12.1 Å².